The monoisotopic (exact) mass is 364 g/mol. The average molecular weight is 365 g/mol. The molecule has 0 fully saturated rings. The maximum absolute atomic E-state index is 11.9. The molecule has 0 aromatic heterocycles. The number of hydrogen-bond acceptors (Lipinski definition) is 5. The fourth-order valence-electron chi connectivity index (χ4n) is 1.71. The molecule has 0 spiro atoms. The molecule has 0 atom stereocenters. The Balaban J connectivity index is 2.13. The van der Waals surface area contributed by atoms with E-state index in [1.54, 1.807) is 18.2 Å². The molecule has 0 heterocycles. The normalized spacial score (nSPS) is 10.6. The van der Waals surface area contributed by atoms with Crippen molar-refractivity contribution >= 4 is 28.1 Å². The number of benzene rings is 2. The number of nitrogens with one attached hydrogen (secondary N) is 1. The molecular weight excluding hydrogens is 352 g/mol. The number of phenolic OH excluding ortho intramolecular Hbond substituents is 2. The zero-order valence-corrected chi connectivity index (χ0v) is 13.2. The maximum Gasteiger partial charge on any atom is 0.275 e. The van der Waals surface area contributed by atoms with Crippen LogP contribution in [0.5, 0.6) is 17.2 Å². The number of carbonyl (C=O) groups excluding carboxylic acids is 1. The highest BCUT2D eigenvalue weighted by Crippen LogP contribution is 2.31. The van der Waals surface area contributed by atoms with Crippen LogP contribution in [-0.4, -0.2) is 29.4 Å². The van der Waals surface area contributed by atoms with Gasteiger partial charge in [0.25, 0.3) is 5.91 Å². The van der Waals surface area contributed by atoms with Gasteiger partial charge >= 0.3 is 0 Å². The Morgan fingerprint density at radius 1 is 1.27 bits per heavy atom. The molecule has 6 nitrogen and oxygen atoms in total. The molecule has 2 aromatic rings. The Labute approximate surface area is 135 Å². The average Bonchev–Trinajstić information content (AvgIpc) is 2.49. The minimum atomic E-state index is -0.531. The van der Waals surface area contributed by atoms with E-state index in [4.69, 9.17) is 4.74 Å². The van der Waals surface area contributed by atoms with E-state index >= 15 is 0 Å². The van der Waals surface area contributed by atoms with Crippen LogP contribution in [0, 0.1) is 0 Å². The first-order chi connectivity index (χ1) is 10.5. The second-order valence-electron chi connectivity index (χ2n) is 4.26. The zero-order valence-electron chi connectivity index (χ0n) is 11.6. The van der Waals surface area contributed by atoms with E-state index in [9.17, 15) is 15.0 Å². The van der Waals surface area contributed by atoms with Gasteiger partial charge in [0.2, 0.25) is 0 Å². The highest BCUT2D eigenvalue weighted by atomic mass is 79.9. The maximum atomic E-state index is 11.9. The third-order valence-electron chi connectivity index (χ3n) is 2.82. The largest absolute Gasteiger partial charge is 0.507 e. The number of hydrogen-bond donors (Lipinski definition) is 3. The summed E-state index contributed by atoms with van der Waals surface area (Å²) in [5.41, 5.74) is 3.04. The predicted molar refractivity (Wildman–Crippen MR) is 85.5 cm³/mol. The minimum Gasteiger partial charge on any atom is -0.507 e. The van der Waals surface area contributed by atoms with Crippen molar-refractivity contribution in [2.45, 2.75) is 0 Å². The molecule has 0 saturated heterocycles. The summed E-state index contributed by atoms with van der Waals surface area (Å²) in [6.45, 7) is 0. The van der Waals surface area contributed by atoms with Gasteiger partial charge in [-0.1, -0.05) is 12.1 Å². The summed E-state index contributed by atoms with van der Waals surface area (Å²) in [6, 6.07) is 9.19. The Bertz CT molecular complexity index is 731. The summed E-state index contributed by atoms with van der Waals surface area (Å²) in [7, 11) is 1.43. The number of halogens is 1. The lowest BCUT2D eigenvalue weighted by molar-refractivity contribution is 0.0952. The molecule has 2 aromatic carbocycles. The molecule has 0 aliphatic heterocycles. The van der Waals surface area contributed by atoms with Crippen LogP contribution in [-0.2, 0) is 0 Å². The second-order valence-corrected chi connectivity index (χ2v) is 5.12. The summed E-state index contributed by atoms with van der Waals surface area (Å²) < 4.78 is 5.59. The first-order valence-electron chi connectivity index (χ1n) is 6.21. The second kappa shape index (κ2) is 6.95. The van der Waals surface area contributed by atoms with Crippen LogP contribution in [0.25, 0.3) is 0 Å². The van der Waals surface area contributed by atoms with Crippen LogP contribution in [0.1, 0.15) is 15.9 Å². The Kier molecular flexibility index (Phi) is 5.00. The van der Waals surface area contributed by atoms with Crippen LogP contribution in [0.2, 0.25) is 0 Å². The van der Waals surface area contributed by atoms with Crippen molar-refractivity contribution in [2.24, 2.45) is 5.10 Å². The van der Waals surface area contributed by atoms with E-state index in [-0.39, 0.29) is 22.8 Å². The molecule has 2 rings (SSSR count). The van der Waals surface area contributed by atoms with Gasteiger partial charge in [-0.15, -0.1) is 0 Å². The number of ether oxygens (including phenoxy) is 1. The fraction of sp³-hybridized carbons (Fsp3) is 0.0667. The highest BCUT2D eigenvalue weighted by Gasteiger charge is 2.09. The molecule has 1 amide bonds. The van der Waals surface area contributed by atoms with Gasteiger partial charge in [-0.05, 0) is 40.2 Å². The molecule has 3 N–H and O–H groups in total. The molecule has 114 valence electrons. The van der Waals surface area contributed by atoms with Crippen molar-refractivity contribution in [3.8, 4) is 17.2 Å². The molecule has 0 saturated carbocycles. The smallest absolute Gasteiger partial charge is 0.275 e. The SMILES string of the molecule is COc1cc(/C=N\NC(=O)c2ccccc2O)c(Br)cc1O. The molecular formula is C15H13BrN2O4. The predicted octanol–water partition coefficient (Wildman–Crippen LogP) is 2.63. The zero-order chi connectivity index (χ0) is 16.1. The van der Waals surface area contributed by atoms with Gasteiger partial charge in [0, 0.05) is 10.0 Å². The Morgan fingerprint density at radius 2 is 2.00 bits per heavy atom. The lowest BCUT2D eigenvalue weighted by Gasteiger charge is -2.06. The third kappa shape index (κ3) is 3.56. The molecule has 0 bridgehead atoms. The van der Waals surface area contributed by atoms with Crippen LogP contribution >= 0.6 is 15.9 Å². The van der Waals surface area contributed by atoms with Crippen LogP contribution in [0.4, 0.5) is 0 Å². The summed E-state index contributed by atoms with van der Waals surface area (Å²) in [4.78, 5) is 11.9. The minimum absolute atomic E-state index is 0.00947. The summed E-state index contributed by atoms with van der Waals surface area (Å²) >= 11 is 3.27. The van der Waals surface area contributed by atoms with Gasteiger partial charge in [-0.25, -0.2) is 5.43 Å². The van der Waals surface area contributed by atoms with E-state index in [0.717, 1.165) is 0 Å². The number of aromatic hydroxyl groups is 2. The molecule has 0 aliphatic carbocycles. The van der Waals surface area contributed by atoms with E-state index in [1.165, 1.54) is 31.5 Å². The lowest BCUT2D eigenvalue weighted by atomic mass is 10.2. The highest BCUT2D eigenvalue weighted by molar-refractivity contribution is 9.10. The standard InChI is InChI=1S/C15H13BrN2O4/c1-22-14-6-9(11(16)7-13(14)20)8-17-18-15(21)10-4-2-3-5-12(10)19/h2-8,19-20H,1H3,(H,18,21)/b17-8-. The summed E-state index contributed by atoms with van der Waals surface area (Å²) in [6.07, 6.45) is 1.39. The number of para-hydroxylation sites is 1. The van der Waals surface area contributed by atoms with E-state index in [1.807, 2.05) is 0 Å². The quantitative estimate of drug-likeness (QED) is 0.574. The molecule has 22 heavy (non-hydrogen) atoms. The first kappa shape index (κ1) is 15.8. The molecule has 0 aliphatic rings. The number of carbonyl (C=O) groups is 1. The van der Waals surface area contributed by atoms with E-state index in [0.29, 0.717) is 10.0 Å². The van der Waals surface area contributed by atoms with Crippen molar-refractivity contribution in [3.63, 3.8) is 0 Å². The van der Waals surface area contributed by atoms with Crippen molar-refractivity contribution in [2.75, 3.05) is 7.11 Å². The molecule has 0 radical (unpaired) electrons. The summed E-state index contributed by atoms with van der Waals surface area (Å²) in [5.74, 6) is -0.375. The van der Waals surface area contributed by atoms with Crippen molar-refractivity contribution in [1.82, 2.24) is 5.43 Å². The first-order valence-corrected chi connectivity index (χ1v) is 7.00. The Morgan fingerprint density at radius 3 is 2.68 bits per heavy atom. The summed E-state index contributed by atoms with van der Waals surface area (Å²) in [5, 5.41) is 23.0. The van der Waals surface area contributed by atoms with Gasteiger partial charge in [-0.2, -0.15) is 5.10 Å². The topological polar surface area (TPSA) is 91.2 Å². The van der Waals surface area contributed by atoms with Gasteiger partial charge in [-0.3, -0.25) is 4.79 Å². The fourth-order valence-corrected chi connectivity index (χ4v) is 2.14. The van der Waals surface area contributed by atoms with E-state index in [2.05, 4.69) is 26.5 Å². The van der Waals surface area contributed by atoms with Gasteiger partial charge < -0.3 is 14.9 Å². The number of methoxy groups -OCH3 is 1. The van der Waals surface area contributed by atoms with Crippen molar-refractivity contribution in [3.05, 3.63) is 52.0 Å². The number of hydrazone groups is 1. The van der Waals surface area contributed by atoms with Gasteiger partial charge in [0.1, 0.15) is 5.75 Å². The van der Waals surface area contributed by atoms with Crippen LogP contribution in [0.3, 0.4) is 0 Å². The third-order valence-corrected chi connectivity index (χ3v) is 3.50. The van der Waals surface area contributed by atoms with Crippen LogP contribution in [0.15, 0.2) is 46.0 Å². The van der Waals surface area contributed by atoms with Crippen LogP contribution < -0.4 is 10.2 Å². The van der Waals surface area contributed by atoms with Gasteiger partial charge in [0.05, 0.1) is 18.9 Å². The number of nitrogens with zero attached hydrogens (tertiary/aromatic N) is 1. The van der Waals surface area contributed by atoms with Crippen molar-refractivity contribution < 1.29 is 19.7 Å². The number of amides is 1. The van der Waals surface area contributed by atoms with E-state index < -0.39 is 5.91 Å². The van der Waals surface area contributed by atoms with Crippen molar-refractivity contribution in [1.29, 1.82) is 0 Å². The molecule has 0 unspecified atom stereocenters. The van der Waals surface area contributed by atoms with Gasteiger partial charge in [0.15, 0.2) is 11.5 Å². The lowest BCUT2D eigenvalue weighted by Crippen LogP contribution is -2.17. The molecule has 7 heteroatoms. The number of phenols is 2. The Hall–Kier alpha value is -2.54. The number of rotatable bonds is 4.